The SMILES string of the molecule is CC(C)(C)c1nsc(N)c1C#N. The molecule has 12 heavy (non-hydrogen) atoms. The number of nitriles is 1. The maximum Gasteiger partial charge on any atom is 0.125 e. The van der Waals surface area contributed by atoms with Crippen molar-refractivity contribution in [1.82, 2.24) is 4.37 Å². The van der Waals surface area contributed by atoms with Crippen LogP contribution in [-0.2, 0) is 5.41 Å². The molecule has 0 aliphatic heterocycles. The zero-order valence-electron chi connectivity index (χ0n) is 7.38. The van der Waals surface area contributed by atoms with Crippen molar-refractivity contribution in [3.63, 3.8) is 0 Å². The third-order valence-electron chi connectivity index (χ3n) is 1.54. The van der Waals surface area contributed by atoms with Gasteiger partial charge in [-0.1, -0.05) is 20.8 Å². The Balaban J connectivity index is 3.28. The van der Waals surface area contributed by atoms with Crippen LogP contribution in [0.5, 0.6) is 0 Å². The predicted octanol–water partition coefficient (Wildman–Crippen LogP) is 1.89. The van der Waals surface area contributed by atoms with Gasteiger partial charge in [0.2, 0.25) is 0 Å². The number of nitrogens with zero attached hydrogens (tertiary/aromatic N) is 2. The van der Waals surface area contributed by atoms with Crippen LogP contribution in [0, 0.1) is 11.3 Å². The van der Waals surface area contributed by atoms with Crippen LogP contribution in [0.3, 0.4) is 0 Å². The second-order valence-electron chi connectivity index (χ2n) is 3.63. The van der Waals surface area contributed by atoms with E-state index in [-0.39, 0.29) is 5.41 Å². The molecular formula is C8H11N3S. The summed E-state index contributed by atoms with van der Waals surface area (Å²) in [5.41, 5.74) is 6.82. The predicted molar refractivity (Wildman–Crippen MR) is 49.9 cm³/mol. The van der Waals surface area contributed by atoms with Gasteiger partial charge in [-0.15, -0.1) is 0 Å². The smallest absolute Gasteiger partial charge is 0.125 e. The summed E-state index contributed by atoms with van der Waals surface area (Å²) in [7, 11) is 0. The molecule has 1 heterocycles. The molecule has 0 aromatic carbocycles. The normalized spacial score (nSPS) is 11.2. The molecule has 0 unspecified atom stereocenters. The number of hydrogen-bond acceptors (Lipinski definition) is 4. The highest BCUT2D eigenvalue weighted by molar-refractivity contribution is 7.10. The zero-order valence-corrected chi connectivity index (χ0v) is 8.20. The lowest BCUT2D eigenvalue weighted by Gasteiger charge is -2.14. The first-order chi connectivity index (χ1) is 5.46. The molecule has 0 radical (unpaired) electrons. The van der Waals surface area contributed by atoms with E-state index >= 15 is 0 Å². The highest BCUT2D eigenvalue weighted by Crippen LogP contribution is 2.30. The van der Waals surface area contributed by atoms with Crippen LogP contribution in [0.2, 0.25) is 0 Å². The van der Waals surface area contributed by atoms with Crippen LogP contribution in [-0.4, -0.2) is 4.37 Å². The molecule has 0 aliphatic carbocycles. The minimum Gasteiger partial charge on any atom is -0.388 e. The number of nitrogens with two attached hydrogens (primary N) is 1. The van der Waals surface area contributed by atoms with Crippen LogP contribution < -0.4 is 5.73 Å². The average Bonchev–Trinajstić information content (AvgIpc) is 2.29. The topological polar surface area (TPSA) is 62.7 Å². The molecule has 0 saturated carbocycles. The van der Waals surface area contributed by atoms with Gasteiger partial charge in [-0.25, -0.2) is 0 Å². The summed E-state index contributed by atoms with van der Waals surface area (Å²) in [6, 6.07) is 2.07. The van der Waals surface area contributed by atoms with Crippen LogP contribution >= 0.6 is 11.5 Å². The lowest BCUT2D eigenvalue weighted by molar-refractivity contribution is 0.574. The van der Waals surface area contributed by atoms with Crippen molar-refractivity contribution in [1.29, 1.82) is 5.26 Å². The van der Waals surface area contributed by atoms with Crippen LogP contribution in [0.1, 0.15) is 32.0 Å². The molecule has 4 heteroatoms. The third-order valence-corrected chi connectivity index (χ3v) is 2.22. The van der Waals surface area contributed by atoms with E-state index in [1.807, 2.05) is 20.8 Å². The summed E-state index contributed by atoms with van der Waals surface area (Å²) in [6.07, 6.45) is 0. The number of aromatic nitrogens is 1. The first-order valence-corrected chi connectivity index (χ1v) is 4.40. The van der Waals surface area contributed by atoms with Crippen LogP contribution in [0.25, 0.3) is 0 Å². The molecule has 0 fully saturated rings. The molecule has 0 bridgehead atoms. The number of rotatable bonds is 0. The molecule has 1 aromatic rings. The molecule has 0 saturated heterocycles. The van der Waals surface area contributed by atoms with Gasteiger partial charge in [-0.2, -0.15) is 9.64 Å². The van der Waals surface area contributed by atoms with Gasteiger partial charge in [0, 0.05) is 5.41 Å². The van der Waals surface area contributed by atoms with Gasteiger partial charge in [-0.05, 0) is 11.5 Å². The van der Waals surface area contributed by atoms with Crippen molar-refractivity contribution in [2.24, 2.45) is 0 Å². The van der Waals surface area contributed by atoms with E-state index in [1.54, 1.807) is 0 Å². The van der Waals surface area contributed by atoms with E-state index in [9.17, 15) is 0 Å². The minimum absolute atomic E-state index is 0.0980. The monoisotopic (exact) mass is 181 g/mol. The highest BCUT2D eigenvalue weighted by Gasteiger charge is 2.23. The Kier molecular flexibility index (Phi) is 2.07. The van der Waals surface area contributed by atoms with Gasteiger partial charge in [0.15, 0.2) is 0 Å². The molecular weight excluding hydrogens is 170 g/mol. The van der Waals surface area contributed by atoms with Gasteiger partial charge in [0.25, 0.3) is 0 Å². The number of nitrogen functional groups attached to an aromatic ring is 1. The van der Waals surface area contributed by atoms with E-state index in [0.717, 1.165) is 5.69 Å². The molecule has 0 amide bonds. The Morgan fingerprint density at radius 2 is 2.08 bits per heavy atom. The van der Waals surface area contributed by atoms with Crippen molar-refractivity contribution in [3.8, 4) is 6.07 Å². The van der Waals surface area contributed by atoms with Gasteiger partial charge in [0.1, 0.15) is 16.6 Å². The van der Waals surface area contributed by atoms with E-state index in [4.69, 9.17) is 11.0 Å². The maximum atomic E-state index is 8.79. The van der Waals surface area contributed by atoms with Crippen molar-refractivity contribution in [2.75, 3.05) is 5.73 Å². The standard InChI is InChI=1S/C8H11N3S/c1-8(2,3)6-5(4-9)7(10)12-11-6/h10H2,1-3H3. The van der Waals surface area contributed by atoms with Crippen molar-refractivity contribution in [3.05, 3.63) is 11.3 Å². The molecule has 64 valence electrons. The molecule has 2 N–H and O–H groups in total. The summed E-state index contributed by atoms with van der Waals surface area (Å²) in [5, 5.41) is 9.30. The molecule has 1 rings (SSSR count). The number of hydrogen-bond donors (Lipinski definition) is 1. The molecule has 3 nitrogen and oxygen atoms in total. The first kappa shape index (κ1) is 9.01. The Labute approximate surface area is 76.0 Å². The Bertz CT molecular complexity index is 327. The summed E-state index contributed by atoms with van der Waals surface area (Å²) in [6.45, 7) is 6.05. The van der Waals surface area contributed by atoms with E-state index in [0.29, 0.717) is 10.6 Å². The minimum atomic E-state index is -0.0980. The lowest BCUT2D eigenvalue weighted by atomic mass is 9.90. The zero-order chi connectivity index (χ0) is 9.35. The maximum absolute atomic E-state index is 8.79. The fourth-order valence-corrected chi connectivity index (χ4v) is 1.71. The molecule has 1 aromatic heterocycles. The molecule has 0 aliphatic rings. The highest BCUT2D eigenvalue weighted by atomic mass is 32.1. The van der Waals surface area contributed by atoms with E-state index < -0.39 is 0 Å². The fraction of sp³-hybridized carbons (Fsp3) is 0.500. The lowest BCUT2D eigenvalue weighted by Crippen LogP contribution is -2.13. The van der Waals surface area contributed by atoms with Gasteiger partial charge in [0.05, 0.1) is 5.69 Å². The first-order valence-electron chi connectivity index (χ1n) is 3.62. The quantitative estimate of drug-likeness (QED) is 0.664. The third kappa shape index (κ3) is 1.41. The van der Waals surface area contributed by atoms with Crippen LogP contribution in [0.15, 0.2) is 0 Å². The largest absolute Gasteiger partial charge is 0.388 e. The van der Waals surface area contributed by atoms with Crippen molar-refractivity contribution >= 4 is 16.5 Å². The fourth-order valence-electron chi connectivity index (χ4n) is 0.923. The summed E-state index contributed by atoms with van der Waals surface area (Å²) in [5.74, 6) is 0. The van der Waals surface area contributed by atoms with Gasteiger partial charge >= 0.3 is 0 Å². The van der Waals surface area contributed by atoms with Crippen molar-refractivity contribution in [2.45, 2.75) is 26.2 Å². The van der Waals surface area contributed by atoms with E-state index in [1.165, 1.54) is 11.5 Å². The summed E-state index contributed by atoms with van der Waals surface area (Å²) in [4.78, 5) is 0. The Morgan fingerprint density at radius 3 is 2.42 bits per heavy atom. The number of anilines is 1. The Hall–Kier alpha value is -1.08. The van der Waals surface area contributed by atoms with Gasteiger partial charge in [-0.3, -0.25) is 0 Å². The van der Waals surface area contributed by atoms with Crippen molar-refractivity contribution < 1.29 is 0 Å². The van der Waals surface area contributed by atoms with Crippen LogP contribution in [0.4, 0.5) is 5.00 Å². The summed E-state index contributed by atoms with van der Waals surface area (Å²) >= 11 is 1.19. The summed E-state index contributed by atoms with van der Waals surface area (Å²) < 4.78 is 4.15. The molecule has 0 atom stereocenters. The second-order valence-corrected chi connectivity index (χ2v) is 4.44. The van der Waals surface area contributed by atoms with Gasteiger partial charge < -0.3 is 5.73 Å². The molecule has 0 spiro atoms. The second kappa shape index (κ2) is 2.76. The average molecular weight is 181 g/mol. The van der Waals surface area contributed by atoms with E-state index in [2.05, 4.69) is 10.4 Å². The Morgan fingerprint density at radius 1 is 1.50 bits per heavy atom.